The van der Waals surface area contributed by atoms with Crippen LogP contribution < -0.4 is 10.5 Å². The van der Waals surface area contributed by atoms with Gasteiger partial charge >= 0.3 is 0 Å². The Labute approximate surface area is 165 Å². The maximum atomic E-state index is 13.4. The summed E-state index contributed by atoms with van der Waals surface area (Å²) in [7, 11) is -3.88. The molecule has 9 heteroatoms. The van der Waals surface area contributed by atoms with Crippen LogP contribution in [0, 0.1) is 5.82 Å². The molecular formula is C20H15FN4O3S. The molecular weight excluding hydrogens is 395 g/mol. The molecule has 29 heavy (non-hydrogen) atoms. The van der Waals surface area contributed by atoms with Crippen LogP contribution in [-0.2, 0) is 10.0 Å². The van der Waals surface area contributed by atoms with Crippen LogP contribution in [-0.4, -0.2) is 24.5 Å². The molecule has 1 heterocycles. The lowest BCUT2D eigenvalue weighted by Gasteiger charge is -2.09. The number of H-pyrrole nitrogens is 1. The Hall–Kier alpha value is -3.72. The normalized spacial score (nSPS) is 11.5. The van der Waals surface area contributed by atoms with Crippen LogP contribution in [0.2, 0.25) is 0 Å². The van der Waals surface area contributed by atoms with Crippen LogP contribution in [0.1, 0.15) is 10.4 Å². The van der Waals surface area contributed by atoms with Crippen molar-refractivity contribution in [3.05, 3.63) is 78.1 Å². The second-order valence-corrected chi connectivity index (χ2v) is 8.02. The molecule has 0 saturated heterocycles. The van der Waals surface area contributed by atoms with Gasteiger partial charge in [0.2, 0.25) is 5.91 Å². The van der Waals surface area contributed by atoms with Gasteiger partial charge in [0.1, 0.15) is 5.82 Å². The van der Waals surface area contributed by atoms with E-state index >= 15 is 0 Å². The maximum absolute atomic E-state index is 13.4. The Morgan fingerprint density at radius 1 is 1.03 bits per heavy atom. The average molecular weight is 410 g/mol. The van der Waals surface area contributed by atoms with Crippen molar-refractivity contribution < 1.29 is 17.6 Å². The summed E-state index contributed by atoms with van der Waals surface area (Å²) in [5.74, 6) is -0.992. The van der Waals surface area contributed by atoms with Gasteiger partial charge in [-0.25, -0.2) is 12.8 Å². The van der Waals surface area contributed by atoms with E-state index in [0.29, 0.717) is 27.8 Å². The molecule has 1 amide bonds. The number of halogens is 1. The molecule has 0 fully saturated rings. The lowest BCUT2D eigenvalue weighted by atomic mass is 10.1. The highest BCUT2D eigenvalue weighted by Crippen LogP contribution is 2.28. The van der Waals surface area contributed by atoms with E-state index < -0.39 is 21.7 Å². The number of nitrogens with one attached hydrogen (secondary N) is 2. The topological polar surface area (TPSA) is 118 Å². The van der Waals surface area contributed by atoms with Gasteiger partial charge in [0.15, 0.2) is 0 Å². The summed E-state index contributed by atoms with van der Waals surface area (Å²) in [6.07, 6.45) is 0. The smallest absolute Gasteiger partial charge is 0.261 e. The standard InChI is InChI=1S/C20H15FN4O3S/c21-14-6-9-17-18(11-14)23-24-19(17)13-2-1-3-16(10-13)29(27,28)25-15-7-4-12(5-8-15)20(22)26/h1-11,25H,(H2,22,26)(H,23,24). The molecule has 0 aliphatic rings. The largest absolute Gasteiger partial charge is 0.366 e. The minimum absolute atomic E-state index is 0.0345. The monoisotopic (exact) mass is 410 g/mol. The Morgan fingerprint density at radius 2 is 1.79 bits per heavy atom. The van der Waals surface area contributed by atoms with E-state index in [1.54, 1.807) is 18.2 Å². The quantitative estimate of drug-likeness (QED) is 0.468. The van der Waals surface area contributed by atoms with Gasteiger partial charge in [0, 0.05) is 22.2 Å². The predicted octanol–water partition coefficient (Wildman–Crippen LogP) is 3.27. The fraction of sp³-hybridized carbons (Fsp3) is 0. The van der Waals surface area contributed by atoms with E-state index in [1.807, 2.05) is 0 Å². The number of hydrogen-bond donors (Lipinski definition) is 3. The molecule has 4 rings (SSSR count). The number of fused-ring (bicyclic) bond motifs is 1. The van der Waals surface area contributed by atoms with Crippen LogP contribution in [0.5, 0.6) is 0 Å². The number of sulfonamides is 1. The zero-order chi connectivity index (χ0) is 20.6. The summed E-state index contributed by atoms with van der Waals surface area (Å²) >= 11 is 0. The molecule has 0 atom stereocenters. The summed E-state index contributed by atoms with van der Waals surface area (Å²) in [5, 5.41) is 7.61. The van der Waals surface area contributed by atoms with E-state index in [9.17, 15) is 17.6 Å². The van der Waals surface area contributed by atoms with E-state index in [4.69, 9.17) is 5.73 Å². The third-order valence-electron chi connectivity index (χ3n) is 4.36. The van der Waals surface area contributed by atoms with Crippen LogP contribution >= 0.6 is 0 Å². The van der Waals surface area contributed by atoms with Crippen molar-refractivity contribution in [3.8, 4) is 11.3 Å². The number of aromatic nitrogens is 2. The Morgan fingerprint density at radius 3 is 2.52 bits per heavy atom. The van der Waals surface area contributed by atoms with E-state index in [1.165, 1.54) is 48.5 Å². The lowest BCUT2D eigenvalue weighted by Crippen LogP contribution is -2.14. The molecule has 3 aromatic carbocycles. The number of anilines is 1. The molecule has 1 aromatic heterocycles. The first kappa shape index (κ1) is 18.6. The fourth-order valence-electron chi connectivity index (χ4n) is 2.94. The summed E-state index contributed by atoms with van der Waals surface area (Å²) in [6, 6.07) is 16.3. The van der Waals surface area contributed by atoms with Crippen molar-refractivity contribution in [2.75, 3.05) is 4.72 Å². The zero-order valence-corrected chi connectivity index (χ0v) is 15.7. The second kappa shape index (κ2) is 7.02. The number of hydrogen-bond acceptors (Lipinski definition) is 4. The third kappa shape index (κ3) is 3.67. The number of nitrogens with zero attached hydrogens (tertiary/aromatic N) is 1. The molecule has 0 aliphatic heterocycles. The maximum Gasteiger partial charge on any atom is 0.261 e. The summed E-state index contributed by atoms with van der Waals surface area (Å²) < 4.78 is 41.4. The van der Waals surface area contributed by atoms with Crippen molar-refractivity contribution in [3.63, 3.8) is 0 Å². The number of carbonyl (C=O) groups excluding carboxylic acids is 1. The molecule has 4 aromatic rings. The van der Waals surface area contributed by atoms with Crippen LogP contribution in [0.3, 0.4) is 0 Å². The van der Waals surface area contributed by atoms with Gasteiger partial charge in [-0.05, 0) is 54.6 Å². The highest BCUT2D eigenvalue weighted by molar-refractivity contribution is 7.92. The van der Waals surface area contributed by atoms with E-state index in [-0.39, 0.29) is 10.5 Å². The number of nitrogens with two attached hydrogens (primary N) is 1. The lowest BCUT2D eigenvalue weighted by molar-refractivity contribution is 0.100. The van der Waals surface area contributed by atoms with Gasteiger partial charge in [-0.1, -0.05) is 12.1 Å². The number of rotatable bonds is 5. The SMILES string of the molecule is NC(=O)c1ccc(NS(=O)(=O)c2cccc(-c3n[nH]c4cc(F)ccc34)c2)cc1. The average Bonchev–Trinajstić information content (AvgIpc) is 3.11. The molecule has 7 nitrogen and oxygen atoms in total. The summed E-state index contributed by atoms with van der Waals surface area (Å²) in [5.41, 5.74) is 7.35. The van der Waals surface area contributed by atoms with Crippen LogP contribution in [0.25, 0.3) is 22.2 Å². The van der Waals surface area contributed by atoms with Crippen LogP contribution in [0.4, 0.5) is 10.1 Å². The highest BCUT2D eigenvalue weighted by atomic mass is 32.2. The first-order valence-corrected chi connectivity index (χ1v) is 9.98. The minimum atomic E-state index is -3.88. The number of amides is 1. The predicted molar refractivity (Wildman–Crippen MR) is 107 cm³/mol. The fourth-order valence-corrected chi connectivity index (χ4v) is 4.04. The van der Waals surface area contributed by atoms with Gasteiger partial charge < -0.3 is 5.73 Å². The molecule has 0 unspecified atom stereocenters. The molecule has 146 valence electrons. The van der Waals surface area contributed by atoms with Gasteiger partial charge in [0.05, 0.1) is 16.1 Å². The van der Waals surface area contributed by atoms with E-state index in [0.717, 1.165) is 0 Å². The minimum Gasteiger partial charge on any atom is -0.366 e. The first-order valence-electron chi connectivity index (χ1n) is 8.50. The second-order valence-electron chi connectivity index (χ2n) is 6.34. The van der Waals surface area contributed by atoms with Crippen molar-refractivity contribution in [2.45, 2.75) is 4.90 Å². The Balaban J connectivity index is 1.67. The number of aromatic amines is 1. The van der Waals surface area contributed by atoms with Gasteiger partial charge in [-0.15, -0.1) is 0 Å². The van der Waals surface area contributed by atoms with Crippen molar-refractivity contribution in [1.82, 2.24) is 10.2 Å². The molecule has 0 bridgehead atoms. The Bertz CT molecular complexity index is 1330. The summed E-state index contributed by atoms with van der Waals surface area (Å²) in [4.78, 5) is 11.2. The van der Waals surface area contributed by atoms with Gasteiger partial charge in [-0.2, -0.15) is 5.10 Å². The Kier molecular flexibility index (Phi) is 4.51. The van der Waals surface area contributed by atoms with Crippen LogP contribution in [0.15, 0.2) is 71.6 Å². The van der Waals surface area contributed by atoms with E-state index in [2.05, 4.69) is 14.9 Å². The number of primary amides is 1. The first-order chi connectivity index (χ1) is 13.8. The van der Waals surface area contributed by atoms with Crippen molar-refractivity contribution >= 4 is 32.5 Å². The molecule has 0 spiro atoms. The van der Waals surface area contributed by atoms with Gasteiger partial charge in [0.25, 0.3) is 10.0 Å². The molecule has 0 aliphatic carbocycles. The summed E-state index contributed by atoms with van der Waals surface area (Å²) in [6.45, 7) is 0. The molecule has 4 N–H and O–H groups in total. The number of benzene rings is 3. The van der Waals surface area contributed by atoms with Crippen molar-refractivity contribution in [2.24, 2.45) is 5.73 Å². The third-order valence-corrected chi connectivity index (χ3v) is 5.74. The van der Waals surface area contributed by atoms with Crippen molar-refractivity contribution in [1.29, 1.82) is 0 Å². The number of carbonyl (C=O) groups is 1. The van der Waals surface area contributed by atoms with Gasteiger partial charge in [-0.3, -0.25) is 14.6 Å². The molecule has 0 saturated carbocycles. The highest BCUT2D eigenvalue weighted by Gasteiger charge is 2.17. The zero-order valence-electron chi connectivity index (χ0n) is 14.9. The molecule has 0 radical (unpaired) electrons.